The van der Waals surface area contributed by atoms with Gasteiger partial charge >= 0.3 is 12.8 Å². The van der Waals surface area contributed by atoms with Crippen molar-refractivity contribution in [1.29, 1.82) is 0 Å². The minimum absolute atomic E-state index is 0.00611. The number of pyridine rings is 1. The number of aromatic amines is 1. The Bertz CT molecular complexity index is 1280. The number of aromatic nitrogens is 2. The highest BCUT2D eigenvalue weighted by atomic mass is 19.4. The van der Waals surface area contributed by atoms with Crippen LogP contribution in [-0.2, 0) is 6.42 Å². The minimum atomic E-state index is -4.52. The minimum Gasteiger partial charge on any atom is -0.433 e. The molecule has 212 valence electrons. The SMILES string of the molecule is C[C@@H]1Cc2c([nH]c3ccccc23)[C@@H](c2ncc(N[C@H]3CCN(CCCF)C3)cc2OC(F)F)N1CC(F)(F)F. The molecule has 0 amide bonds. The number of nitrogens with one attached hydrogen (secondary N) is 2. The van der Waals surface area contributed by atoms with Gasteiger partial charge in [-0.1, -0.05) is 18.2 Å². The molecule has 3 aromatic rings. The van der Waals surface area contributed by atoms with Crippen molar-refractivity contribution in [3.05, 3.63) is 53.5 Å². The number of rotatable bonds is 9. The van der Waals surface area contributed by atoms with Crippen LogP contribution in [0.3, 0.4) is 0 Å². The van der Waals surface area contributed by atoms with E-state index in [0.29, 0.717) is 37.3 Å². The highest BCUT2D eigenvalue weighted by Crippen LogP contribution is 2.44. The monoisotopic (exact) mass is 555 g/mol. The zero-order valence-electron chi connectivity index (χ0n) is 21.4. The van der Waals surface area contributed by atoms with E-state index in [1.165, 1.54) is 17.2 Å². The zero-order valence-corrected chi connectivity index (χ0v) is 21.4. The first-order valence-corrected chi connectivity index (χ1v) is 13.0. The first-order valence-electron chi connectivity index (χ1n) is 13.0. The summed E-state index contributed by atoms with van der Waals surface area (Å²) in [4.78, 5) is 11.0. The molecule has 2 aromatic heterocycles. The van der Waals surface area contributed by atoms with E-state index in [1.807, 2.05) is 24.3 Å². The van der Waals surface area contributed by atoms with Crippen molar-refractivity contribution in [1.82, 2.24) is 19.8 Å². The molecule has 2 N–H and O–H groups in total. The highest BCUT2D eigenvalue weighted by Gasteiger charge is 2.43. The number of likely N-dealkylation sites (tertiary alicyclic amines) is 1. The Morgan fingerprint density at radius 1 is 1.23 bits per heavy atom. The summed E-state index contributed by atoms with van der Waals surface area (Å²) in [5.74, 6) is -0.279. The van der Waals surface area contributed by atoms with Crippen LogP contribution in [0.4, 0.5) is 32.0 Å². The molecule has 1 aromatic carbocycles. The van der Waals surface area contributed by atoms with Gasteiger partial charge in [0.1, 0.15) is 5.69 Å². The van der Waals surface area contributed by atoms with E-state index in [0.717, 1.165) is 29.4 Å². The second-order valence-corrected chi connectivity index (χ2v) is 10.3. The lowest BCUT2D eigenvalue weighted by atomic mass is 9.90. The molecule has 39 heavy (non-hydrogen) atoms. The number of hydrogen-bond acceptors (Lipinski definition) is 5. The quantitative estimate of drug-likeness (QED) is 0.322. The van der Waals surface area contributed by atoms with Gasteiger partial charge in [-0.15, -0.1) is 0 Å². The lowest BCUT2D eigenvalue weighted by Gasteiger charge is -2.41. The van der Waals surface area contributed by atoms with E-state index >= 15 is 0 Å². The van der Waals surface area contributed by atoms with Gasteiger partial charge in [0.2, 0.25) is 0 Å². The molecule has 0 aliphatic carbocycles. The first kappa shape index (κ1) is 27.6. The van der Waals surface area contributed by atoms with E-state index < -0.39 is 38.1 Å². The average Bonchev–Trinajstić information content (AvgIpc) is 3.47. The normalized spacial score (nSPS) is 22.5. The van der Waals surface area contributed by atoms with Gasteiger partial charge < -0.3 is 19.9 Å². The van der Waals surface area contributed by atoms with Crippen LogP contribution in [0, 0.1) is 0 Å². The smallest absolute Gasteiger partial charge is 0.401 e. The van der Waals surface area contributed by atoms with Crippen LogP contribution in [0.15, 0.2) is 36.5 Å². The number of ether oxygens (including phenoxy) is 1. The van der Waals surface area contributed by atoms with Crippen LogP contribution in [-0.4, -0.2) is 77.5 Å². The molecule has 2 aliphatic heterocycles. The standard InChI is InChI=1S/C27H31F6N5O/c1-16-11-20-19-5-2-3-6-21(19)36-23(20)25(38(16)15-27(31,32)33)24-22(39-26(29)30)12-18(13-34-24)35-17-7-10-37(14-17)9-4-8-28/h2-3,5-6,12-13,16-17,25-26,35-36H,4,7-11,14-15H2,1H3/t16-,17+,25+/m1/s1. The molecule has 0 spiro atoms. The fraction of sp³-hybridized carbons (Fsp3) is 0.519. The Labute approximate surface area is 222 Å². The largest absolute Gasteiger partial charge is 0.433 e. The van der Waals surface area contributed by atoms with E-state index in [4.69, 9.17) is 4.74 Å². The maximum atomic E-state index is 13.7. The zero-order chi connectivity index (χ0) is 27.7. The maximum Gasteiger partial charge on any atom is 0.401 e. The van der Waals surface area contributed by atoms with Crippen molar-refractivity contribution >= 4 is 16.6 Å². The molecular weight excluding hydrogens is 524 g/mol. The molecule has 0 bridgehead atoms. The molecule has 2 aliphatic rings. The highest BCUT2D eigenvalue weighted by molar-refractivity contribution is 5.85. The molecule has 12 heteroatoms. The predicted molar refractivity (Wildman–Crippen MR) is 136 cm³/mol. The van der Waals surface area contributed by atoms with Gasteiger partial charge in [0.05, 0.1) is 31.1 Å². The summed E-state index contributed by atoms with van der Waals surface area (Å²) in [6, 6.07) is 7.15. The lowest BCUT2D eigenvalue weighted by molar-refractivity contribution is -0.156. The second kappa shape index (κ2) is 11.2. The fourth-order valence-corrected chi connectivity index (χ4v) is 5.86. The number of nitrogens with zero attached hydrogens (tertiary/aromatic N) is 3. The molecule has 6 nitrogen and oxygen atoms in total. The average molecular weight is 556 g/mol. The van der Waals surface area contributed by atoms with Gasteiger partial charge in [-0.05, 0) is 37.8 Å². The van der Waals surface area contributed by atoms with Crippen molar-refractivity contribution in [2.24, 2.45) is 0 Å². The summed E-state index contributed by atoms with van der Waals surface area (Å²) in [5, 5.41) is 4.14. The summed E-state index contributed by atoms with van der Waals surface area (Å²) < 4.78 is 85.8. The summed E-state index contributed by atoms with van der Waals surface area (Å²) in [6.45, 7) is -1.06. The van der Waals surface area contributed by atoms with Crippen LogP contribution in [0.25, 0.3) is 10.9 Å². The number of hydrogen-bond donors (Lipinski definition) is 2. The molecule has 5 rings (SSSR count). The molecule has 3 atom stereocenters. The third-order valence-electron chi connectivity index (χ3n) is 7.49. The van der Waals surface area contributed by atoms with Gasteiger partial charge in [0.15, 0.2) is 5.75 Å². The second-order valence-electron chi connectivity index (χ2n) is 10.3. The van der Waals surface area contributed by atoms with Crippen molar-refractivity contribution in [2.45, 2.75) is 57.1 Å². The van der Waals surface area contributed by atoms with E-state index in [9.17, 15) is 26.3 Å². The molecule has 0 unspecified atom stereocenters. The Kier molecular flexibility index (Phi) is 7.95. The van der Waals surface area contributed by atoms with Crippen LogP contribution in [0.1, 0.15) is 42.8 Å². The Morgan fingerprint density at radius 3 is 2.77 bits per heavy atom. The van der Waals surface area contributed by atoms with Crippen LogP contribution in [0.5, 0.6) is 5.75 Å². The first-order chi connectivity index (χ1) is 18.6. The topological polar surface area (TPSA) is 56.4 Å². The van der Waals surface area contributed by atoms with Crippen LogP contribution < -0.4 is 10.1 Å². The number of H-pyrrole nitrogens is 1. The molecule has 0 radical (unpaired) electrons. The molecule has 1 fully saturated rings. The molecule has 0 saturated carbocycles. The summed E-state index contributed by atoms with van der Waals surface area (Å²) in [7, 11) is 0. The summed E-state index contributed by atoms with van der Waals surface area (Å²) >= 11 is 0. The van der Waals surface area contributed by atoms with Gasteiger partial charge in [-0.2, -0.15) is 22.0 Å². The van der Waals surface area contributed by atoms with Crippen molar-refractivity contribution in [3.8, 4) is 5.75 Å². The van der Waals surface area contributed by atoms with E-state index in [1.54, 1.807) is 6.92 Å². The number of fused-ring (bicyclic) bond motifs is 3. The number of anilines is 1. The van der Waals surface area contributed by atoms with Crippen molar-refractivity contribution in [2.75, 3.05) is 38.2 Å². The Balaban J connectivity index is 1.53. The Morgan fingerprint density at radius 2 is 2.03 bits per heavy atom. The van der Waals surface area contributed by atoms with E-state index in [-0.39, 0.29) is 17.5 Å². The van der Waals surface area contributed by atoms with Gasteiger partial charge in [0, 0.05) is 54.4 Å². The molecule has 1 saturated heterocycles. The predicted octanol–water partition coefficient (Wildman–Crippen LogP) is 5.91. The number of benzene rings is 1. The van der Waals surface area contributed by atoms with Crippen molar-refractivity contribution in [3.63, 3.8) is 0 Å². The molecule has 4 heterocycles. The third-order valence-corrected chi connectivity index (χ3v) is 7.49. The summed E-state index contributed by atoms with van der Waals surface area (Å²) in [5.41, 5.74) is 2.50. The number of para-hydroxylation sites is 1. The lowest BCUT2D eigenvalue weighted by Crippen LogP contribution is -2.47. The number of alkyl halides is 6. The van der Waals surface area contributed by atoms with Gasteiger partial charge in [-0.25, -0.2) is 0 Å². The van der Waals surface area contributed by atoms with Crippen LogP contribution >= 0.6 is 0 Å². The van der Waals surface area contributed by atoms with Crippen LogP contribution in [0.2, 0.25) is 0 Å². The van der Waals surface area contributed by atoms with E-state index in [2.05, 4.69) is 20.2 Å². The van der Waals surface area contributed by atoms with Gasteiger partial charge in [0.25, 0.3) is 0 Å². The summed E-state index contributed by atoms with van der Waals surface area (Å²) in [6.07, 6.45) is -1.49. The number of halogens is 6. The third kappa shape index (κ3) is 6.11. The maximum absolute atomic E-state index is 13.7. The van der Waals surface area contributed by atoms with Gasteiger partial charge in [-0.3, -0.25) is 14.3 Å². The Hall–Kier alpha value is -2.99. The fourth-order valence-electron chi connectivity index (χ4n) is 5.86. The molecular formula is C27H31F6N5O. The van der Waals surface area contributed by atoms with Crippen molar-refractivity contribution < 1.29 is 31.1 Å².